The summed E-state index contributed by atoms with van der Waals surface area (Å²) >= 11 is 0. The molecule has 0 saturated heterocycles. The molecule has 0 unspecified atom stereocenters. The van der Waals surface area contributed by atoms with Gasteiger partial charge in [0.1, 0.15) is 0 Å². The number of rotatable bonds is 5. The molecule has 4 aromatic carbocycles. The van der Waals surface area contributed by atoms with Crippen molar-refractivity contribution < 1.29 is 0 Å². The zero-order valence-electron chi connectivity index (χ0n) is 16.9. The predicted molar refractivity (Wildman–Crippen MR) is 135 cm³/mol. The van der Waals surface area contributed by atoms with Gasteiger partial charge in [-0.2, -0.15) is 0 Å². The van der Waals surface area contributed by atoms with Crippen LogP contribution in [0.2, 0.25) is 0 Å². The zero-order valence-corrected chi connectivity index (χ0v) is 18.7. The summed E-state index contributed by atoms with van der Waals surface area (Å²) in [6.45, 7) is 3.19. The van der Waals surface area contributed by atoms with Crippen LogP contribution in [-0.4, -0.2) is 11.7 Å². The molecular formula is C27H26P2. The third kappa shape index (κ3) is 4.02. The van der Waals surface area contributed by atoms with E-state index in [2.05, 4.69) is 135 Å². The molecule has 0 aliphatic carbocycles. The molecule has 0 atom stereocenters. The fourth-order valence-corrected chi connectivity index (χ4v) is 11.4. The van der Waals surface area contributed by atoms with Crippen molar-refractivity contribution in [1.82, 2.24) is 0 Å². The lowest BCUT2D eigenvalue weighted by molar-refractivity contribution is 1.74. The van der Waals surface area contributed by atoms with Crippen molar-refractivity contribution in [2.45, 2.75) is 6.92 Å². The Labute approximate surface area is 176 Å². The van der Waals surface area contributed by atoms with E-state index in [1.807, 2.05) is 0 Å². The van der Waals surface area contributed by atoms with Gasteiger partial charge in [0.05, 0.1) is 0 Å². The number of hydrogen-bond acceptors (Lipinski definition) is 0. The van der Waals surface area contributed by atoms with Gasteiger partial charge in [-0.3, -0.25) is 0 Å². The highest BCUT2D eigenvalue weighted by atomic mass is 31.2. The quantitative estimate of drug-likeness (QED) is 0.376. The van der Waals surface area contributed by atoms with Gasteiger partial charge >= 0.3 is 0 Å². The maximum absolute atomic E-state index is 2.49. The van der Waals surface area contributed by atoms with E-state index in [9.17, 15) is 0 Å². The van der Waals surface area contributed by atoms with Crippen molar-refractivity contribution in [2.75, 3.05) is 6.66 Å². The first-order chi connectivity index (χ1) is 14.2. The summed E-state index contributed by atoms with van der Waals surface area (Å²) in [6.07, 6.45) is 0. The zero-order chi connectivity index (χ0) is 20.1. The minimum atomic E-state index is -1.71. The molecule has 0 fully saturated rings. The van der Waals surface area contributed by atoms with Crippen LogP contribution in [0.25, 0.3) is 0 Å². The smallest absolute Gasteiger partial charge is 0.0154 e. The summed E-state index contributed by atoms with van der Waals surface area (Å²) in [5, 5.41) is 7.34. The SMILES string of the molecule is CC(P(c1ccccc1)c1ccccc1)=P(C)(c1ccccc1)c1ccccc1. The molecule has 4 aromatic rings. The number of hydrogen-bond donors (Lipinski definition) is 0. The van der Waals surface area contributed by atoms with Crippen LogP contribution in [0.15, 0.2) is 121 Å². The van der Waals surface area contributed by atoms with E-state index >= 15 is 0 Å². The second-order valence-corrected chi connectivity index (χ2v) is 13.7. The van der Waals surface area contributed by atoms with E-state index in [0.29, 0.717) is 0 Å². The van der Waals surface area contributed by atoms with Crippen molar-refractivity contribution in [3.8, 4) is 0 Å². The maximum atomic E-state index is 2.49. The van der Waals surface area contributed by atoms with Crippen LogP contribution in [0, 0.1) is 0 Å². The second kappa shape index (κ2) is 8.96. The van der Waals surface area contributed by atoms with E-state index < -0.39 is 14.8 Å². The monoisotopic (exact) mass is 412 g/mol. The molecule has 0 radical (unpaired) electrons. The van der Waals surface area contributed by atoms with Crippen LogP contribution in [-0.2, 0) is 0 Å². The molecule has 144 valence electrons. The van der Waals surface area contributed by atoms with E-state index in [0.717, 1.165) is 0 Å². The van der Waals surface area contributed by atoms with Crippen molar-refractivity contribution in [2.24, 2.45) is 0 Å². The van der Waals surface area contributed by atoms with Gasteiger partial charge in [0.2, 0.25) is 0 Å². The van der Waals surface area contributed by atoms with Gasteiger partial charge in [0.15, 0.2) is 0 Å². The molecule has 29 heavy (non-hydrogen) atoms. The number of benzene rings is 4. The Morgan fingerprint density at radius 3 is 1.17 bits per heavy atom. The first-order valence-corrected chi connectivity index (χ1v) is 13.5. The highest BCUT2D eigenvalue weighted by molar-refractivity contribution is 8.06. The van der Waals surface area contributed by atoms with Crippen LogP contribution in [0.4, 0.5) is 0 Å². The van der Waals surface area contributed by atoms with Crippen molar-refractivity contribution in [3.63, 3.8) is 0 Å². The largest absolute Gasteiger partial charge is 0.0622 e. The van der Waals surface area contributed by atoms with Crippen LogP contribution in [0.1, 0.15) is 6.92 Å². The Hall–Kier alpha value is -2.39. The molecule has 0 N–H and O–H groups in total. The third-order valence-electron chi connectivity index (χ3n) is 5.54. The van der Waals surface area contributed by atoms with Crippen molar-refractivity contribution in [1.29, 1.82) is 0 Å². The Morgan fingerprint density at radius 1 is 0.517 bits per heavy atom. The average molecular weight is 412 g/mol. The molecule has 0 aliphatic heterocycles. The van der Waals surface area contributed by atoms with Crippen molar-refractivity contribution in [3.05, 3.63) is 121 Å². The van der Waals surface area contributed by atoms with Gasteiger partial charge in [0, 0.05) is 0 Å². The maximum Gasteiger partial charge on any atom is -0.0154 e. The molecule has 0 amide bonds. The fraction of sp³-hybridized carbons (Fsp3) is 0.0741. The summed E-state index contributed by atoms with van der Waals surface area (Å²) in [7, 11) is -0.581. The minimum absolute atomic E-state index is 0.581. The lowest BCUT2D eigenvalue weighted by Crippen LogP contribution is -2.24. The lowest BCUT2D eigenvalue weighted by atomic mass is 10.4. The summed E-state index contributed by atoms with van der Waals surface area (Å²) in [5.74, 6) is 0. The molecule has 0 aromatic heterocycles. The van der Waals surface area contributed by atoms with Crippen LogP contribution >= 0.6 is 14.8 Å². The van der Waals surface area contributed by atoms with Gasteiger partial charge in [-0.25, -0.2) is 0 Å². The highest BCUT2D eigenvalue weighted by Crippen LogP contribution is 2.52. The molecule has 0 nitrogen and oxygen atoms in total. The van der Waals surface area contributed by atoms with E-state index in [-0.39, 0.29) is 0 Å². The summed E-state index contributed by atoms with van der Waals surface area (Å²) in [6, 6.07) is 44.3. The summed E-state index contributed by atoms with van der Waals surface area (Å²) < 4.78 is 0. The topological polar surface area (TPSA) is 0 Å². The van der Waals surface area contributed by atoms with Gasteiger partial charge in [0.25, 0.3) is 0 Å². The first-order valence-electron chi connectivity index (χ1n) is 9.93. The lowest BCUT2D eigenvalue weighted by Gasteiger charge is -2.32. The second-order valence-electron chi connectivity index (χ2n) is 7.23. The Morgan fingerprint density at radius 2 is 0.828 bits per heavy atom. The molecule has 4 rings (SSSR count). The van der Waals surface area contributed by atoms with Crippen LogP contribution in [0.3, 0.4) is 0 Å². The molecular weight excluding hydrogens is 386 g/mol. The molecule has 0 heterocycles. The van der Waals surface area contributed by atoms with E-state index in [1.54, 1.807) is 5.03 Å². The van der Waals surface area contributed by atoms with Crippen LogP contribution in [0.5, 0.6) is 0 Å². The Kier molecular flexibility index (Phi) is 6.15. The Bertz CT molecular complexity index is 1020. The average Bonchev–Trinajstić information content (AvgIpc) is 2.81. The molecule has 2 heteroatoms. The van der Waals surface area contributed by atoms with Gasteiger partial charge in [-0.15, -0.1) is 0 Å². The third-order valence-corrected chi connectivity index (χ3v) is 13.6. The van der Waals surface area contributed by atoms with Gasteiger partial charge < -0.3 is 0 Å². The van der Waals surface area contributed by atoms with E-state index in [4.69, 9.17) is 0 Å². The van der Waals surface area contributed by atoms with E-state index in [1.165, 1.54) is 21.2 Å². The van der Waals surface area contributed by atoms with Crippen LogP contribution < -0.4 is 21.2 Å². The Balaban J connectivity index is 2.05. The predicted octanol–water partition coefficient (Wildman–Crippen LogP) is 5.57. The van der Waals surface area contributed by atoms with Gasteiger partial charge in [-0.1, -0.05) is 121 Å². The standard InChI is InChI=1S/C27H26P2/c1-23(28(24-15-7-3-8-16-24)25-17-9-4-10-18-25)29(2,26-19-11-5-12-20-26)27-21-13-6-14-22-27/h3-22H,1-2H3. The van der Waals surface area contributed by atoms with Gasteiger partial charge in [-0.05, 0) is 54.6 Å². The van der Waals surface area contributed by atoms with Crippen molar-refractivity contribution >= 4 is 41.1 Å². The summed E-state index contributed by atoms with van der Waals surface area (Å²) in [5.41, 5.74) is 0. The fourth-order valence-electron chi connectivity index (χ4n) is 3.85. The minimum Gasteiger partial charge on any atom is -0.0622 e. The molecule has 0 aliphatic rings. The molecule has 0 saturated carbocycles. The highest BCUT2D eigenvalue weighted by Gasteiger charge is 2.26. The first kappa shape index (κ1) is 19.9. The summed E-state index contributed by atoms with van der Waals surface area (Å²) in [4.78, 5) is 0. The molecule has 0 bridgehead atoms. The molecule has 0 spiro atoms. The normalized spacial score (nSPS) is 11.4.